The van der Waals surface area contributed by atoms with E-state index in [0.717, 1.165) is 24.2 Å². The van der Waals surface area contributed by atoms with Gasteiger partial charge in [-0.05, 0) is 55.2 Å². The molecular formula is C33H46O8. The number of cyclic esters (lactones) is 1. The van der Waals surface area contributed by atoms with E-state index in [4.69, 9.17) is 23.7 Å². The van der Waals surface area contributed by atoms with Gasteiger partial charge in [0, 0.05) is 18.9 Å². The van der Waals surface area contributed by atoms with E-state index < -0.39 is 41.1 Å². The lowest BCUT2D eigenvalue weighted by Gasteiger charge is -2.56. The Labute approximate surface area is 244 Å². The van der Waals surface area contributed by atoms with Gasteiger partial charge in [-0.1, -0.05) is 58.9 Å². The van der Waals surface area contributed by atoms with Gasteiger partial charge in [0.2, 0.25) is 0 Å². The number of hydrogen-bond donors (Lipinski definition) is 0. The number of ketones is 1. The molecule has 0 unspecified atom stereocenters. The third-order valence-corrected chi connectivity index (χ3v) is 9.48. The van der Waals surface area contributed by atoms with Crippen LogP contribution >= 0.6 is 0 Å². The van der Waals surface area contributed by atoms with Crippen LogP contribution in [0.15, 0.2) is 36.4 Å². The summed E-state index contributed by atoms with van der Waals surface area (Å²) in [6.45, 7) is 11.9. The van der Waals surface area contributed by atoms with Crippen LogP contribution in [0.5, 0.6) is 5.75 Å². The fourth-order valence-electron chi connectivity index (χ4n) is 7.02. The van der Waals surface area contributed by atoms with Gasteiger partial charge in [0.05, 0.1) is 25.7 Å². The Bertz CT molecular complexity index is 1160. The Morgan fingerprint density at radius 3 is 2.49 bits per heavy atom. The first-order valence-corrected chi connectivity index (χ1v) is 14.8. The van der Waals surface area contributed by atoms with Crippen LogP contribution in [0.1, 0.15) is 78.9 Å². The normalized spacial score (nSPS) is 34.2. The maximum Gasteiger partial charge on any atom is 0.320 e. The lowest BCUT2D eigenvalue weighted by molar-refractivity contribution is -0.218. The molecule has 226 valence electrons. The van der Waals surface area contributed by atoms with E-state index in [1.54, 1.807) is 21.1 Å². The zero-order valence-corrected chi connectivity index (χ0v) is 25.7. The van der Waals surface area contributed by atoms with Crippen LogP contribution in [0.4, 0.5) is 0 Å². The maximum atomic E-state index is 13.8. The predicted molar refractivity (Wildman–Crippen MR) is 153 cm³/mol. The molecule has 1 aromatic rings. The van der Waals surface area contributed by atoms with Crippen LogP contribution in [-0.4, -0.2) is 55.9 Å². The molecule has 41 heavy (non-hydrogen) atoms. The molecule has 0 radical (unpaired) electrons. The number of Topliss-reactive ketones (excluding diaryl/α,β-unsaturated/α-hetero) is 1. The Kier molecular flexibility index (Phi) is 9.34. The molecule has 0 amide bonds. The monoisotopic (exact) mass is 570 g/mol. The van der Waals surface area contributed by atoms with E-state index in [2.05, 4.69) is 33.8 Å². The highest BCUT2D eigenvalue weighted by Gasteiger charge is 2.63. The average molecular weight is 571 g/mol. The molecular weight excluding hydrogens is 524 g/mol. The Balaban J connectivity index is 1.58. The van der Waals surface area contributed by atoms with Crippen molar-refractivity contribution < 1.29 is 38.1 Å². The van der Waals surface area contributed by atoms with Gasteiger partial charge in [0.25, 0.3) is 0 Å². The second-order valence-corrected chi connectivity index (χ2v) is 12.8. The third kappa shape index (κ3) is 6.09. The molecule has 1 spiro atoms. The average Bonchev–Trinajstić information content (AvgIpc) is 3.24. The smallest absolute Gasteiger partial charge is 0.320 e. The molecule has 0 N–H and O–H groups in total. The largest absolute Gasteiger partial charge is 0.497 e. The number of carbonyl (C=O) groups is 3. The molecule has 2 aliphatic heterocycles. The molecule has 1 aliphatic carbocycles. The molecule has 8 nitrogen and oxygen atoms in total. The number of hydrogen-bond acceptors (Lipinski definition) is 8. The Morgan fingerprint density at radius 1 is 1.12 bits per heavy atom. The summed E-state index contributed by atoms with van der Waals surface area (Å²) in [6, 6.07) is 7.90. The van der Waals surface area contributed by atoms with Crippen LogP contribution in [0.25, 0.3) is 0 Å². The zero-order chi connectivity index (χ0) is 30.1. The molecule has 9 atom stereocenters. The highest BCUT2D eigenvalue weighted by atomic mass is 16.6. The van der Waals surface area contributed by atoms with Crippen molar-refractivity contribution in [2.75, 3.05) is 14.2 Å². The van der Waals surface area contributed by atoms with Gasteiger partial charge < -0.3 is 23.7 Å². The minimum atomic E-state index is -1.17. The van der Waals surface area contributed by atoms with Gasteiger partial charge in [-0.25, -0.2) is 0 Å². The molecule has 4 rings (SSSR count). The van der Waals surface area contributed by atoms with Crippen molar-refractivity contribution in [2.45, 2.75) is 97.2 Å². The van der Waals surface area contributed by atoms with E-state index in [1.165, 1.54) is 0 Å². The number of carbonyl (C=O) groups excluding carboxylic acids is 3. The fourth-order valence-corrected chi connectivity index (χ4v) is 7.02. The highest BCUT2D eigenvalue weighted by molar-refractivity contribution is 6.03. The Morgan fingerprint density at radius 2 is 1.85 bits per heavy atom. The molecule has 3 aliphatic rings. The van der Waals surface area contributed by atoms with Gasteiger partial charge in [0.15, 0.2) is 5.78 Å². The van der Waals surface area contributed by atoms with Crippen molar-refractivity contribution in [3.8, 4) is 5.75 Å². The standard InChI is InChI=1S/C33H46O8/c1-19(12-13-25(38-8)23-10-9-11-24(16-23)37-7)30-20(2)14-15-33(41-30)28(29(35)21(3)18-32(33,5)6)31(36)40-26-17-27(34)39-22(26)4/h9-11,14-16,19-22,25-26,28,30H,12-13,17-18H2,1-8H3/t19-,20-,21+,22+,25-,26+,28-,30+,33-/m0/s1. The van der Waals surface area contributed by atoms with Crippen LogP contribution in [0.3, 0.4) is 0 Å². The molecule has 2 fully saturated rings. The van der Waals surface area contributed by atoms with Crippen molar-refractivity contribution in [2.24, 2.45) is 29.1 Å². The second kappa shape index (κ2) is 12.3. The van der Waals surface area contributed by atoms with E-state index in [1.807, 2.05) is 37.3 Å². The van der Waals surface area contributed by atoms with Crippen LogP contribution in [-0.2, 0) is 33.3 Å². The molecule has 1 saturated carbocycles. The molecule has 8 heteroatoms. The summed E-state index contributed by atoms with van der Waals surface area (Å²) in [5.74, 6) is -1.73. The van der Waals surface area contributed by atoms with Crippen LogP contribution in [0.2, 0.25) is 0 Å². The number of benzene rings is 1. The molecule has 2 heterocycles. The summed E-state index contributed by atoms with van der Waals surface area (Å²) in [5, 5.41) is 0. The third-order valence-electron chi connectivity index (χ3n) is 9.48. The highest BCUT2D eigenvalue weighted by Crippen LogP contribution is 2.54. The van der Waals surface area contributed by atoms with Crippen molar-refractivity contribution in [3.05, 3.63) is 42.0 Å². The zero-order valence-electron chi connectivity index (χ0n) is 25.7. The summed E-state index contributed by atoms with van der Waals surface area (Å²) in [6.07, 6.45) is 4.57. The van der Waals surface area contributed by atoms with Gasteiger partial charge in [-0.3, -0.25) is 14.4 Å². The maximum absolute atomic E-state index is 13.8. The van der Waals surface area contributed by atoms with Crippen molar-refractivity contribution >= 4 is 17.7 Å². The van der Waals surface area contributed by atoms with Crippen molar-refractivity contribution in [1.82, 2.24) is 0 Å². The minimum absolute atomic E-state index is 0.0128. The van der Waals surface area contributed by atoms with E-state index >= 15 is 0 Å². The topological polar surface area (TPSA) is 97.4 Å². The summed E-state index contributed by atoms with van der Waals surface area (Å²) in [7, 11) is 3.36. The SMILES string of the molecule is COc1cccc([C@H](CC[C@H](C)[C@H]2O[C@@]3(C=C[C@@H]2C)[C@H](C(=O)O[C@@H]2CC(=O)O[C@@H]2C)C(=O)[C@H](C)CC3(C)C)OC)c1. The molecule has 1 saturated heterocycles. The van der Waals surface area contributed by atoms with Crippen molar-refractivity contribution in [1.29, 1.82) is 0 Å². The number of rotatable bonds is 9. The lowest BCUT2D eigenvalue weighted by Crippen LogP contribution is -2.65. The second-order valence-electron chi connectivity index (χ2n) is 12.8. The summed E-state index contributed by atoms with van der Waals surface area (Å²) in [4.78, 5) is 39.3. The quantitative estimate of drug-likeness (QED) is 0.214. The number of ether oxygens (including phenoxy) is 5. The fraction of sp³-hybridized carbons (Fsp3) is 0.667. The van der Waals surface area contributed by atoms with E-state index in [-0.39, 0.29) is 42.2 Å². The van der Waals surface area contributed by atoms with Gasteiger partial charge in [-0.15, -0.1) is 0 Å². The van der Waals surface area contributed by atoms with E-state index in [0.29, 0.717) is 6.42 Å². The summed E-state index contributed by atoms with van der Waals surface area (Å²) in [5.41, 5.74) is -0.645. The first-order chi connectivity index (χ1) is 19.3. The molecule has 0 aromatic heterocycles. The van der Waals surface area contributed by atoms with Gasteiger partial charge in [-0.2, -0.15) is 0 Å². The van der Waals surface area contributed by atoms with Gasteiger partial charge in [0.1, 0.15) is 29.5 Å². The first-order valence-electron chi connectivity index (χ1n) is 14.8. The molecule has 0 bridgehead atoms. The number of methoxy groups -OCH3 is 2. The van der Waals surface area contributed by atoms with Gasteiger partial charge >= 0.3 is 11.9 Å². The predicted octanol–water partition coefficient (Wildman–Crippen LogP) is 5.63. The number of esters is 2. The lowest BCUT2D eigenvalue weighted by atomic mass is 9.55. The minimum Gasteiger partial charge on any atom is -0.497 e. The van der Waals surface area contributed by atoms with Crippen molar-refractivity contribution in [3.63, 3.8) is 0 Å². The van der Waals surface area contributed by atoms with Crippen LogP contribution in [0, 0.1) is 29.1 Å². The van der Waals surface area contributed by atoms with E-state index in [9.17, 15) is 14.4 Å². The Hall–Kier alpha value is -2.71. The summed E-state index contributed by atoms with van der Waals surface area (Å²) >= 11 is 0. The first kappa shape index (κ1) is 31.2. The van der Waals surface area contributed by atoms with Crippen LogP contribution < -0.4 is 4.74 Å². The molecule has 1 aromatic carbocycles. The summed E-state index contributed by atoms with van der Waals surface area (Å²) < 4.78 is 29.2.